The van der Waals surface area contributed by atoms with E-state index in [1.54, 1.807) is 6.92 Å². The van der Waals surface area contributed by atoms with E-state index in [1.165, 1.54) is 0 Å². The number of alkyl halides is 1. The van der Waals surface area contributed by atoms with Crippen LogP contribution in [-0.4, -0.2) is 16.4 Å². The Labute approximate surface area is 78.2 Å². The lowest BCUT2D eigenvalue weighted by molar-refractivity contribution is -0.147. The Morgan fingerprint density at radius 2 is 2.00 bits per heavy atom. The molecule has 0 aliphatic carbocycles. The molecule has 2 unspecified atom stereocenters. The van der Waals surface area contributed by atoms with E-state index in [9.17, 15) is 4.79 Å². The largest absolute Gasteiger partial charge is 0.458 e. The monoisotopic (exact) mass is 190 g/mol. The molecule has 0 bridgehead atoms. The summed E-state index contributed by atoms with van der Waals surface area (Å²) >= 11 is 6.09. The summed E-state index contributed by atoms with van der Waals surface area (Å²) in [6.07, 6.45) is 0.860. The molecule has 0 N–H and O–H groups in total. The Morgan fingerprint density at radius 3 is 2.17 bits per heavy atom. The van der Waals surface area contributed by atoms with Crippen LogP contribution in [-0.2, 0) is 9.53 Å². The van der Waals surface area contributed by atoms with E-state index in [0.29, 0.717) is 0 Å². The van der Waals surface area contributed by atoms with Gasteiger partial charge in [0.1, 0.15) is 10.5 Å². The van der Waals surface area contributed by atoms with Gasteiger partial charge in [-0.1, -0.05) is 6.92 Å². The predicted molar refractivity (Wildman–Crippen MR) is 48.2 cm³/mol. The second-order valence-electron chi connectivity index (χ2n) is 4.03. The third-order valence-corrected chi connectivity index (χ3v) is 3.07. The highest BCUT2D eigenvalue weighted by Crippen LogP contribution is 2.45. The molecule has 0 radical (unpaired) electrons. The molecule has 0 saturated carbocycles. The van der Waals surface area contributed by atoms with E-state index in [0.717, 1.165) is 6.42 Å². The minimum Gasteiger partial charge on any atom is -0.458 e. The first-order valence-corrected chi connectivity index (χ1v) is 4.62. The Balaban J connectivity index is 3.00. The Morgan fingerprint density at radius 1 is 1.50 bits per heavy atom. The first kappa shape index (κ1) is 9.85. The lowest BCUT2D eigenvalue weighted by Gasteiger charge is -2.27. The van der Waals surface area contributed by atoms with Crippen molar-refractivity contribution in [1.29, 1.82) is 0 Å². The predicted octanol–water partition coefficient (Wildman–Crippen LogP) is 2.35. The number of cyclic esters (lactones) is 1. The van der Waals surface area contributed by atoms with Gasteiger partial charge in [0.2, 0.25) is 0 Å². The average molecular weight is 191 g/mol. The van der Waals surface area contributed by atoms with Gasteiger partial charge in [-0.05, 0) is 27.2 Å². The molecule has 3 heteroatoms. The number of hydrogen-bond acceptors (Lipinski definition) is 2. The molecule has 0 aromatic rings. The molecule has 1 aliphatic rings. The molecule has 0 aromatic heterocycles. The van der Waals surface area contributed by atoms with E-state index in [-0.39, 0.29) is 11.9 Å². The third-order valence-electron chi connectivity index (χ3n) is 2.66. The zero-order valence-electron chi connectivity index (χ0n) is 7.98. The summed E-state index contributed by atoms with van der Waals surface area (Å²) in [5, 5.41) is 0. The number of rotatable bonds is 1. The second-order valence-corrected chi connectivity index (χ2v) is 4.81. The molecular weight excluding hydrogens is 176 g/mol. The highest BCUT2D eigenvalue weighted by molar-refractivity contribution is 6.34. The van der Waals surface area contributed by atoms with E-state index < -0.39 is 10.5 Å². The lowest BCUT2D eigenvalue weighted by atomic mass is 9.82. The van der Waals surface area contributed by atoms with Gasteiger partial charge in [0, 0.05) is 5.92 Å². The van der Waals surface area contributed by atoms with Crippen molar-refractivity contribution in [2.75, 3.05) is 0 Å². The third kappa shape index (κ3) is 1.22. The smallest absolute Gasteiger partial charge is 0.327 e. The lowest BCUT2D eigenvalue weighted by Crippen LogP contribution is -2.36. The Hall–Kier alpha value is -0.240. The van der Waals surface area contributed by atoms with Gasteiger partial charge in [-0.15, -0.1) is 11.6 Å². The van der Waals surface area contributed by atoms with Crippen LogP contribution in [0.2, 0.25) is 0 Å². The van der Waals surface area contributed by atoms with Crippen LogP contribution in [0.25, 0.3) is 0 Å². The van der Waals surface area contributed by atoms with E-state index in [4.69, 9.17) is 16.3 Å². The molecule has 1 fully saturated rings. The molecule has 1 aliphatic heterocycles. The average Bonchev–Trinajstić information content (AvgIpc) is 1.99. The van der Waals surface area contributed by atoms with Crippen molar-refractivity contribution < 1.29 is 9.53 Å². The van der Waals surface area contributed by atoms with Gasteiger partial charge in [0.25, 0.3) is 0 Å². The number of carbonyl (C=O) groups is 1. The van der Waals surface area contributed by atoms with E-state index in [1.807, 2.05) is 20.8 Å². The maximum absolute atomic E-state index is 11.3. The summed E-state index contributed by atoms with van der Waals surface area (Å²) in [5.74, 6) is -0.194. The van der Waals surface area contributed by atoms with E-state index in [2.05, 4.69) is 0 Å². The van der Waals surface area contributed by atoms with Crippen molar-refractivity contribution in [3.63, 3.8) is 0 Å². The summed E-state index contributed by atoms with van der Waals surface area (Å²) in [6, 6.07) is 0. The summed E-state index contributed by atoms with van der Waals surface area (Å²) < 4.78 is 5.20. The molecule has 1 heterocycles. The molecule has 0 spiro atoms. The van der Waals surface area contributed by atoms with Gasteiger partial charge in [-0.2, -0.15) is 0 Å². The first-order valence-electron chi connectivity index (χ1n) is 4.24. The van der Waals surface area contributed by atoms with Gasteiger partial charge in [0.05, 0.1) is 0 Å². The standard InChI is InChI=1S/C9H15ClO2/c1-5-6-8(2,3)12-7(11)9(6,4)10/h6H,5H2,1-4H3. The van der Waals surface area contributed by atoms with Crippen LogP contribution in [0.15, 0.2) is 0 Å². The number of halogens is 1. The SMILES string of the molecule is CCC1C(C)(C)OC(=O)C1(C)Cl. The van der Waals surface area contributed by atoms with Crippen molar-refractivity contribution in [3.05, 3.63) is 0 Å². The number of esters is 1. The molecule has 12 heavy (non-hydrogen) atoms. The van der Waals surface area contributed by atoms with Gasteiger partial charge in [-0.3, -0.25) is 4.79 Å². The Kier molecular flexibility index (Phi) is 2.15. The molecule has 1 rings (SSSR count). The molecule has 0 amide bonds. The second kappa shape index (κ2) is 2.63. The van der Waals surface area contributed by atoms with Crippen LogP contribution in [0, 0.1) is 5.92 Å². The molecular formula is C9H15ClO2. The van der Waals surface area contributed by atoms with Crippen LogP contribution in [0.3, 0.4) is 0 Å². The molecule has 0 aromatic carbocycles. The van der Waals surface area contributed by atoms with Crippen LogP contribution in [0.1, 0.15) is 34.1 Å². The quantitative estimate of drug-likeness (QED) is 0.469. The molecule has 2 atom stereocenters. The minimum absolute atomic E-state index is 0.0965. The topological polar surface area (TPSA) is 26.3 Å². The fraction of sp³-hybridized carbons (Fsp3) is 0.889. The zero-order chi connectivity index (χ0) is 9.57. The van der Waals surface area contributed by atoms with Crippen molar-refractivity contribution in [2.24, 2.45) is 5.92 Å². The van der Waals surface area contributed by atoms with Gasteiger partial charge in [0.15, 0.2) is 0 Å². The van der Waals surface area contributed by atoms with Gasteiger partial charge < -0.3 is 4.74 Å². The summed E-state index contributed by atoms with van der Waals surface area (Å²) in [6.45, 7) is 7.58. The molecule has 70 valence electrons. The maximum atomic E-state index is 11.3. The highest BCUT2D eigenvalue weighted by Gasteiger charge is 2.56. The van der Waals surface area contributed by atoms with Crippen molar-refractivity contribution in [3.8, 4) is 0 Å². The highest BCUT2D eigenvalue weighted by atomic mass is 35.5. The fourth-order valence-electron chi connectivity index (χ4n) is 2.08. The van der Waals surface area contributed by atoms with Crippen molar-refractivity contribution >= 4 is 17.6 Å². The van der Waals surface area contributed by atoms with Crippen LogP contribution < -0.4 is 0 Å². The number of ether oxygens (including phenoxy) is 1. The van der Waals surface area contributed by atoms with Crippen LogP contribution in [0.4, 0.5) is 0 Å². The molecule has 2 nitrogen and oxygen atoms in total. The normalized spacial score (nSPS) is 39.8. The van der Waals surface area contributed by atoms with Crippen LogP contribution in [0.5, 0.6) is 0 Å². The first-order chi connectivity index (χ1) is 5.32. The summed E-state index contributed by atoms with van der Waals surface area (Å²) in [4.78, 5) is 10.5. The van der Waals surface area contributed by atoms with Gasteiger partial charge >= 0.3 is 5.97 Å². The van der Waals surface area contributed by atoms with Crippen molar-refractivity contribution in [2.45, 2.75) is 44.6 Å². The van der Waals surface area contributed by atoms with Crippen LogP contribution >= 0.6 is 11.6 Å². The summed E-state index contributed by atoms with van der Waals surface area (Å²) in [5.41, 5.74) is -0.414. The Bertz CT molecular complexity index is 209. The maximum Gasteiger partial charge on any atom is 0.327 e. The minimum atomic E-state index is -0.835. The summed E-state index contributed by atoms with van der Waals surface area (Å²) in [7, 11) is 0. The fourth-order valence-corrected chi connectivity index (χ4v) is 2.54. The molecule has 1 saturated heterocycles. The number of hydrogen-bond donors (Lipinski definition) is 0. The van der Waals surface area contributed by atoms with E-state index >= 15 is 0 Å². The van der Waals surface area contributed by atoms with Crippen molar-refractivity contribution in [1.82, 2.24) is 0 Å². The number of carbonyl (C=O) groups excluding carboxylic acids is 1. The zero-order valence-corrected chi connectivity index (χ0v) is 8.73. The van der Waals surface area contributed by atoms with Gasteiger partial charge in [-0.25, -0.2) is 0 Å².